The van der Waals surface area contributed by atoms with Crippen molar-refractivity contribution in [1.29, 1.82) is 0 Å². The average molecular weight is 204 g/mol. The van der Waals surface area contributed by atoms with Crippen LogP contribution in [0.15, 0.2) is 0 Å². The second-order valence-corrected chi connectivity index (χ2v) is 2.75. The zero-order chi connectivity index (χ0) is 11.0. The molecule has 0 fully saturated rings. The minimum atomic E-state index is -0.793. The fourth-order valence-electron chi connectivity index (χ4n) is 0.708. The highest BCUT2D eigenvalue weighted by Crippen LogP contribution is 1.92. The molecule has 0 bridgehead atoms. The van der Waals surface area contributed by atoms with Gasteiger partial charge in [0.15, 0.2) is 0 Å². The molecule has 14 heavy (non-hydrogen) atoms. The summed E-state index contributed by atoms with van der Waals surface area (Å²) in [7, 11) is 0. The maximum atomic E-state index is 11.0. The second-order valence-electron chi connectivity index (χ2n) is 2.75. The Kier molecular flexibility index (Phi) is 6.63. The molecule has 7 heteroatoms. The van der Waals surface area contributed by atoms with Gasteiger partial charge in [0.1, 0.15) is 0 Å². The van der Waals surface area contributed by atoms with Crippen LogP contribution in [0.5, 0.6) is 0 Å². The molecule has 0 saturated heterocycles. The van der Waals surface area contributed by atoms with Crippen LogP contribution < -0.4 is 22.3 Å². The van der Waals surface area contributed by atoms with E-state index in [1.54, 1.807) is 0 Å². The average Bonchev–Trinajstić information content (AvgIpc) is 2.14. The number of amides is 2. The van der Waals surface area contributed by atoms with Gasteiger partial charge in [0.25, 0.3) is 0 Å². The van der Waals surface area contributed by atoms with E-state index < -0.39 is 11.9 Å². The molecule has 0 aliphatic heterocycles. The van der Waals surface area contributed by atoms with E-state index in [-0.39, 0.29) is 31.9 Å². The SMILES string of the molecule is NC(=O)[C@@H](N)CCC(=O)NNCCO. The first kappa shape index (κ1) is 12.8. The minimum Gasteiger partial charge on any atom is -0.395 e. The van der Waals surface area contributed by atoms with Gasteiger partial charge in [0.2, 0.25) is 11.8 Å². The number of hydrogen-bond donors (Lipinski definition) is 5. The Balaban J connectivity index is 3.48. The molecule has 82 valence electrons. The van der Waals surface area contributed by atoms with Crippen LogP contribution >= 0.6 is 0 Å². The molecule has 0 aromatic carbocycles. The van der Waals surface area contributed by atoms with Gasteiger partial charge in [-0.1, -0.05) is 0 Å². The van der Waals surface area contributed by atoms with Crippen LogP contribution in [0.2, 0.25) is 0 Å². The number of aliphatic hydroxyl groups is 1. The highest BCUT2D eigenvalue weighted by Gasteiger charge is 2.10. The van der Waals surface area contributed by atoms with Gasteiger partial charge in [0, 0.05) is 13.0 Å². The van der Waals surface area contributed by atoms with E-state index >= 15 is 0 Å². The van der Waals surface area contributed by atoms with E-state index in [0.717, 1.165) is 0 Å². The van der Waals surface area contributed by atoms with E-state index in [2.05, 4.69) is 10.9 Å². The van der Waals surface area contributed by atoms with Gasteiger partial charge in [-0.25, -0.2) is 5.43 Å². The largest absolute Gasteiger partial charge is 0.395 e. The lowest BCUT2D eigenvalue weighted by Crippen LogP contribution is -2.41. The second kappa shape index (κ2) is 7.25. The molecule has 0 radical (unpaired) electrons. The molecule has 0 unspecified atom stereocenters. The van der Waals surface area contributed by atoms with E-state index in [1.165, 1.54) is 0 Å². The van der Waals surface area contributed by atoms with Gasteiger partial charge in [-0.15, -0.1) is 0 Å². The van der Waals surface area contributed by atoms with Crippen molar-refractivity contribution in [2.24, 2.45) is 11.5 Å². The molecule has 0 aliphatic rings. The predicted molar refractivity (Wildman–Crippen MR) is 49.6 cm³/mol. The van der Waals surface area contributed by atoms with Crippen LogP contribution in [-0.4, -0.2) is 36.1 Å². The first-order valence-corrected chi connectivity index (χ1v) is 4.25. The molecular weight excluding hydrogens is 188 g/mol. The Hall–Kier alpha value is -1.18. The van der Waals surface area contributed by atoms with Crippen LogP contribution in [0.25, 0.3) is 0 Å². The summed E-state index contributed by atoms with van der Waals surface area (Å²) in [6.45, 7) is 0.203. The number of hydrazine groups is 1. The minimum absolute atomic E-state index is 0.0684. The first-order chi connectivity index (χ1) is 6.57. The van der Waals surface area contributed by atoms with Gasteiger partial charge < -0.3 is 16.6 Å². The molecule has 0 aliphatic carbocycles. The molecule has 2 amide bonds. The number of rotatable bonds is 7. The summed E-state index contributed by atoms with van der Waals surface area (Å²) >= 11 is 0. The molecule has 0 aromatic heterocycles. The van der Waals surface area contributed by atoms with Crippen molar-refractivity contribution in [3.05, 3.63) is 0 Å². The highest BCUT2D eigenvalue weighted by molar-refractivity contribution is 5.81. The van der Waals surface area contributed by atoms with Crippen LogP contribution in [-0.2, 0) is 9.59 Å². The van der Waals surface area contributed by atoms with Crippen molar-refractivity contribution in [2.45, 2.75) is 18.9 Å². The van der Waals surface area contributed by atoms with E-state index in [9.17, 15) is 9.59 Å². The number of nitrogens with two attached hydrogens (primary N) is 2. The Morgan fingerprint density at radius 2 is 2.07 bits per heavy atom. The van der Waals surface area contributed by atoms with Crippen LogP contribution in [0.4, 0.5) is 0 Å². The lowest BCUT2D eigenvalue weighted by Gasteiger charge is -2.08. The third kappa shape index (κ3) is 6.35. The molecule has 7 nitrogen and oxygen atoms in total. The summed E-state index contributed by atoms with van der Waals surface area (Å²) < 4.78 is 0. The van der Waals surface area contributed by atoms with Crippen molar-refractivity contribution >= 4 is 11.8 Å². The normalized spacial score (nSPS) is 12.1. The van der Waals surface area contributed by atoms with Gasteiger partial charge in [-0.2, -0.15) is 0 Å². The molecule has 7 N–H and O–H groups in total. The Morgan fingerprint density at radius 3 is 2.57 bits per heavy atom. The van der Waals surface area contributed by atoms with Gasteiger partial charge in [-0.05, 0) is 6.42 Å². The van der Waals surface area contributed by atoms with Crippen LogP contribution in [0.3, 0.4) is 0 Å². The maximum absolute atomic E-state index is 11.0. The third-order valence-corrected chi connectivity index (χ3v) is 1.51. The fourth-order valence-corrected chi connectivity index (χ4v) is 0.708. The predicted octanol–water partition coefficient (Wildman–Crippen LogP) is -2.81. The summed E-state index contributed by atoms with van der Waals surface area (Å²) in [6.07, 6.45) is 0.324. The summed E-state index contributed by atoms with van der Waals surface area (Å²) in [5, 5.41) is 8.38. The van der Waals surface area contributed by atoms with Gasteiger partial charge >= 0.3 is 0 Å². The number of primary amides is 1. The third-order valence-electron chi connectivity index (χ3n) is 1.51. The molecule has 0 spiro atoms. The molecule has 0 heterocycles. The van der Waals surface area contributed by atoms with E-state index in [1.807, 2.05) is 0 Å². The standard InChI is InChI=1S/C7H16N4O3/c8-5(7(9)14)1-2-6(13)11-10-3-4-12/h5,10,12H,1-4,8H2,(H2,9,14)(H,11,13)/t5-/m0/s1. The Labute approximate surface area is 81.8 Å². The highest BCUT2D eigenvalue weighted by atomic mass is 16.3. The number of nitrogens with one attached hydrogen (secondary N) is 2. The van der Waals surface area contributed by atoms with E-state index in [4.69, 9.17) is 16.6 Å². The maximum Gasteiger partial charge on any atom is 0.234 e. The Bertz CT molecular complexity index is 197. The lowest BCUT2D eigenvalue weighted by atomic mass is 10.1. The zero-order valence-electron chi connectivity index (χ0n) is 7.82. The smallest absolute Gasteiger partial charge is 0.234 e. The topological polar surface area (TPSA) is 130 Å². The summed E-state index contributed by atoms with van der Waals surface area (Å²) in [4.78, 5) is 21.5. The van der Waals surface area contributed by atoms with Crippen LogP contribution in [0, 0.1) is 0 Å². The van der Waals surface area contributed by atoms with Crippen molar-refractivity contribution in [1.82, 2.24) is 10.9 Å². The first-order valence-electron chi connectivity index (χ1n) is 4.25. The quantitative estimate of drug-likeness (QED) is 0.226. The molecule has 0 rings (SSSR count). The summed E-state index contributed by atoms with van der Waals surface area (Å²) in [5.74, 6) is -0.920. The zero-order valence-corrected chi connectivity index (χ0v) is 7.82. The molecule has 1 atom stereocenters. The van der Waals surface area contributed by atoms with Gasteiger partial charge in [-0.3, -0.25) is 15.0 Å². The van der Waals surface area contributed by atoms with Crippen LogP contribution in [0.1, 0.15) is 12.8 Å². The fraction of sp³-hybridized carbons (Fsp3) is 0.714. The number of carbonyl (C=O) groups excluding carboxylic acids is 2. The molecule has 0 aromatic rings. The van der Waals surface area contributed by atoms with Gasteiger partial charge in [0.05, 0.1) is 12.6 Å². The Morgan fingerprint density at radius 1 is 1.43 bits per heavy atom. The summed E-state index contributed by atoms with van der Waals surface area (Å²) in [5.41, 5.74) is 15.0. The monoisotopic (exact) mass is 204 g/mol. The molecular formula is C7H16N4O3. The summed E-state index contributed by atoms with van der Waals surface area (Å²) in [6, 6.07) is -0.793. The lowest BCUT2D eigenvalue weighted by molar-refractivity contribution is -0.122. The molecule has 0 saturated carbocycles. The van der Waals surface area contributed by atoms with Crippen molar-refractivity contribution in [2.75, 3.05) is 13.2 Å². The number of carbonyl (C=O) groups is 2. The van der Waals surface area contributed by atoms with E-state index in [0.29, 0.717) is 0 Å². The number of aliphatic hydroxyl groups excluding tert-OH is 1. The van der Waals surface area contributed by atoms with Crippen molar-refractivity contribution in [3.63, 3.8) is 0 Å². The number of hydrogen-bond acceptors (Lipinski definition) is 5. The van der Waals surface area contributed by atoms with Crippen molar-refractivity contribution in [3.8, 4) is 0 Å². The van der Waals surface area contributed by atoms with Crippen molar-refractivity contribution < 1.29 is 14.7 Å².